The summed E-state index contributed by atoms with van der Waals surface area (Å²) in [5.41, 5.74) is -0.0914. The van der Waals surface area contributed by atoms with Crippen LogP contribution in [0.1, 0.15) is 53.9 Å². The van der Waals surface area contributed by atoms with Gasteiger partial charge < -0.3 is 30.0 Å². The lowest BCUT2D eigenvalue weighted by Crippen LogP contribution is -2.62. The summed E-state index contributed by atoms with van der Waals surface area (Å²) in [6.45, 7) is 10.2. The monoisotopic (exact) mass is 412 g/mol. The van der Waals surface area contributed by atoms with E-state index in [1.807, 2.05) is 26.8 Å². The van der Waals surface area contributed by atoms with E-state index in [0.717, 1.165) is 12.8 Å². The van der Waals surface area contributed by atoms with Crippen molar-refractivity contribution in [3.63, 3.8) is 0 Å². The molecule has 29 heavy (non-hydrogen) atoms. The number of methoxy groups -OCH3 is 1. The number of rotatable bonds is 5. The summed E-state index contributed by atoms with van der Waals surface area (Å²) in [6, 6.07) is -0.621. The van der Waals surface area contributed by atoms with Crippen LogP contribution in [0.2, 0.25) is 0 Å². The van der Waals surface area contributed by atoms with Crippen molar-refractivity contribution in [2.75, 3.05) is 13.7 Å². The average Bonchev–Trinajstić information content (AvgIpc) is 2.80. The van der Waals surface area contributed by atoms with Crippen molar-refractivity contribution in [1.82, 2.24) is 10.6 Å². The molecule has 8 nitrogen and oxygen atoms in total. The van der Waals surface area contributed by atoms with Crippen LogP contribution < -0.4 is 10.6 Å². The van der Waals surface area contributed by atoms with Gasteiger partial charge in [0.25, 0.3) is 5.91 Å². The van der Waals surface area contributed by atoms with Crippen LogP contribution in [0.25, 0.3) is 0 Å². The Morgan fingerprint density at radius 3 is 2.66 bits per heavy atom. The summed E-state index contributed by atoms with van der Waals surface area (Å²) in [4.78, 5) is 25.1. The zero-order valence-corrected chi connectivity index (χ0v) is 18.4. The van der Waals surface area contributed by atoms with Crippen molar-refractivity contribution in [1.29, 1.82) is 0 Å². The molecule has 0 aromatic carbocycles. The van der Waals surface area contributed by atoms with Crippen molar-refractivity contribution in [2.45, 2.75) is 90.1 Å². The molecule has 166 valence electrons. The number of allylic oxidation sites excluding steroid dienone is 1. The summed E-state index contributed by atoms with van der Waals surface area (Å²) in [5.74, 6) is -1.71. The van der Waals surface area contributed by atoms with Crippen molar-refractivity contribution in [3.8, 4) is 0 Å². The first-order valence-corrected chi connectivity index (χ1v) is 10.3. The molecule has 2 fully saturated rings. The Bertz CT molecular complexity index is 613. The Balaban J connectivity index is 2.17. The molecule has 2 aliphatic rings. The number of nitrogens with one attached hydrogen (secondary N) is 2. The third-order valence-corrected chi connectivity index (χ3v) is 4.96. The largest absolute Gasteiger partial charge is 0.387 e. The highest BCUT2D eigenvalue weighted by molar-refractivity contribution is 5.89. The number of amides is 2. The fourth-order valence-electron chi connectivity index (χ4n) is 3.51. The maximum atomic E-state index is 12.9. The van der Waals surface area contributed by atoms with E-state index in [-0.39, 0.29) is 11.3 Å². The Hall–Kier alpha value is -1.48. The van der Waals surface area contributed by atoms with Gasteiger partial charge in [-0.2, -0.15) is 0 Å². The first-order chi connectivity index (χ1) is 13.4. The second kappa shape index (κ2) is 9.55. The second-order valence-corrected chi connectivity index (χ2v) is 9.28. The molecule has 2 amide bonds. The third kappa shape index (κ3) is 6.77. The standard InChI is InChI=1S/C21H36N2O6/c1-20(2,3)11-10-14-15(24)16(29-21(4,5)28-14)17(27-6)19(26)23-13-9-7-8-12-22-18(13)25/h10-11,13-17,24H,7-9,12H2,1-6H3,(H,22,25)(H,23,26)/b11-10+/t13-,14-,15+,16-,17-/m1/s1. The molecule has 0 saturated carbocycles. The smallest absolute Gasteiger partial charge is 0.252 e. The van der Waals surface area contributed by atoms with Crippen LogP contribution in [0.4, 0.5) is 0 Å². The van der Waals surface area contributed by atoms with Crippen molar-refractivity contribution < 1.29 is 28.9 Å². The molecular weight excluding hydrogens is 376 g/mol. The van der Waals surface area contributed by atoms with Gasteiger partial charge in [-0.1, -0.05) is 32.9 Å². The maximum Gasteiger partial charge on any atom is 0.252 e. The van der Waals surface area contributed by atoms with Crippen LogP contribution in [-0.4, -0.2) is 66.8 Å². The molecule has 0 aromatic rings. The van der Waals surface area contributed by atoms with Gasteiger partial charge >= 0.3 is 0 Å². The lowest BCUT2D eigenvalue weighted by atomic mass is 9.93. The topological polar surface area (TPSA) is 106 Å². The first kappa shape index (κ1) is 23.8. The summed E-state index contributed by atoms with van der Waals surface area (Å²) in [5, 5.41) is 16.4. The maximum absolute atomic E-state index is 12.9. The Morgan fingerprint density at radius 1 is 1.34 bits per heavy atom. The lowest BCUT2D eigenvalue weighted by molar-refractivity contribution is -0.334. The molecule has 0 aliphatic carbocycles. The van der Waals surface area contributed by atoms with Gasteiger partial charge in [0.05, 0.1) is 0 Å². The predicted molar refractivity (Wildman–Crippen MR) is 108 cm³/mol. The lowest BCUT2D eigenvalue weighted by Gasteiger charge is -2.45. The normalized spacial score (nSPS) is 31.8. The predicted octanol–water partition coefficient (Wildman–Crippen LogP) is 1.27. The van der Waals surface area contributed by atoms with E-state index in [0.29, 0.717) is 13.0 Å². The van der Waals surface area contributed by atoms with E-state index in [2.05, 4.69) is 10.6 Å². The third-order valence-electron chi connectivity index (χ3n) is 4.96. The minimum absolute atomic E-state index is 0.0914. The summed E-state index contributed by atoms with van der Waals surface area (Å²) in [6.07, 6.45) is 2.22. The fourth-order valence-corrected chi connectivity index (χ4v) is 3.51. The highest BCUT2D eigenvalue weighted by Crippen LogP contribution is 2.31. The van der Waals surface area contributed by atoms with Gasteiger partial charge in [-0.3, -0.25) is 9.59 Å². The van der Waals surface area contributed by atoms with Crippen molar-refractivity contribution in [2.24, 2.45) is 5.41 Å². The van der Waals surface area contributed by atoms with Crippen LogP contribution in [0.3, 0.4) is 0 Å². The molecule has 3 N–H and O–H groups in total. The molecular formula is C21H36N2O6. The van der Waals surface area contributed by atoms with E-state index in [1.165, 1.54) is 7.11 Å². The van der Waals surface area contributed by atoms with Gasteiger partial charge in [0.2, 0.25) is 5.91 Å². The minimum Gasteiger partial charge on any atom is -0.387 e. The first-order valence-electron chi connectivity index (χ1n) is 10.3. The fraction of sp³-hybridized carbons (Fsp3) is 0.810. The van der Waals surface area contributed by atoms with Crippen LogP contribution in [-0.2, 0) is 23.8 Å². The van der Waals surface area contributed by atoms with Gasteiger partial charge in [0.15, 0.2) is 11.9 Å². The number of hydrogen-bond donors (Lipinski definition) is 3. The van der Waals surface area contributed by atoms with E-state index in [1.54, 1.807) is 19.9 Å². The number of ether oxygens (including phenoxy) is 3. The SMILES string of the molecule is CO[C@@H](C(=O)N[C@@H]1CCCCNC1=O)[C@@H]1OC(C)(C)O[C@H](/C=C/C(C)(C)C)[C@@H]1O. The summed E-state index contributed by atoms with van der Waals surface area (Å²) >= 11 is 0. The highest BCUT2D eigenvalue weighted by Gasteiger charge is 2.47. The van der Waals surface area contributed by atoms with Crippen molar-refractivity contribution >= 4 is 11.8 Å². The molecule has 0 aromatic heterocycles. The van der Waals surface area contributed by atoms with Crippen LogP contribution in [0.15, 0.2) is 12.2 Å². The molecule has 2 aliphatic heterocycles. The Labute approximate surface area is 173 Å². The Morgan fingerprint density at radius 2 is 2.03 bits per heavy atom. The van der Waals surface area contributed by atoms with E-state index >= 15 is 0 Å². The molecule has 0 radical (unpaired) electrons. The number of aliphatic hydroxyl groups is 1. The van der Waals surface area contributed by atoms with Crippen molar-refractivity contribution in [3.05, 3.63) is 12.2 Å². The minimum atomic E-state index is -1.11. The Kier molecular flexibility index (Phi) is 7.84. The quantitative estimate of drug-likeness (QED) is 0.587. The molecule has 0 spiro atoms. The van der Waals surface area contributed by atoms with Crippen LogP contribution in [0, 0.1) is 5.41 Å². The van der Waals surface area contributed by atoms with Gasteiger partial charge in [-0.25, -0.2) is 0 Å². The number of carbonyl (C=O) groups is 2. The van der Waals surface area contributed by atoms with Crippen LogP contribution >= 0.6 is 0 Å². The molecule has 8 heteroatoms. The summed E-state index contributed by atoms with van der Waals surface area (Å²) < 4.78 is 17.1. The van der Waals surface area contributed by atoms with Gasteiger partial charge in [0.1, 0.15) is 24.4 Å². The molecule has 2 saturated heterocycles. The molecule has 2 heterocycles. The van der Waals surface area contributed by atoms with Gasteiger partial charge in [-0.05, 0) is 38.5 Å². The number of hydrogen-bond acceptors (Lipinski definition) is 6. The van der Waals surface area contributed by atoms with Gasteiger partial charge in [-0.15, -0.1) is 0 Å². The molecule has 5 atom stereocenters. The zero-order chi connectivity index (χ0) is 21.8. The zero-order valence-electron chi connectivity index (χ0n) is 18.4. The average molecular weight is 413 g/mol. The van der Waals surface area contributed by atoms with E-state index in [9.17, 15) is 14.7 Å². The highest BCUT2D eigenvalue weighted by atomic mass is 16.7. The summed E-state index contributed by atoms with van der Waals surface area (Å²) in [7, 11) is 1.38. The van der Waals surface area contributed by atoms with E-state index in [4.69, 9.17) is 14.2 Å². The van der Waals surface area contributed by atoms with Gasteiger partial charge in [0, 0.05) is 13.7 Å². The molecule has 0 unspecified atom stereocenters. The number of aliphatic hydroxyl groups excluding tert-OH is 1. The molecule has 0 bridgehead atoms. The molecule has 2 rings (SSSR count). The van der Waals surface area contributed by atoms with Crippen LogP contribution in [0.5, 0.6) is 0 Å². The number of carbonyl (C=O) groups excluding carboxylic acids is 2. The second-order valence-electron chi connectivity index (χ2n) is 9.28. The van der Waals surface area contributed by atoms with E-state index < -0.39 is 42.2 Å².